The molecule has 0 saturated carbocycles. The lowest BCUT2D eigenvalue weighted by Gasteiger charge is -2.02. The molecule has 0 aliphatic rings. The first-order chi connectivity index (χ1) is 7.07. The van der Waals surface area contributed by atoms with E-state index >= 15 is 0 Å². The lowest BCUT2D eigenvalue weighted by atomic mass is 10.3. The van der Waals surface area contributed by atoms with Crippen LogP contribution in [0.4, 0.5) is 0 Å². The smallest absolute Gasteiger partial charge is 0.150 e. The normalized spacial score (nSPS) is 11.9. The fourth-order valence-electron chi connectivity index (χ4n) is 1.36. The molecular weight excluding hydrogens is 212 g/mol. The highest BCUT2D eigenvalue weighted by Gasteiger charge is 2.06. The van der Waals surface area contributed by atoms with Gasteiger partial charge in [0.15, 0.2) is 0 Å². The van der Waals surface area contributed by atoms with E-state index in [0.29, 0.717) is 13.0 Å². The van der Waals surface area contributed by atoms with Crippen molar-refractivity contribution in [1.82, 2.24) is 4.57 Å². The van der Waals surface area contributed by atoms with E-state index in [-0.39, 0.29) is 11.5 Å². The van der Waals surface area contributed by atoms with E-state index < -0.39 is 9.84 Å². The van der Waals surface area contributed by atoms with E-state index in [4.69, 9.17) is 5.73 Å². The Labute approximate surface area is 91.0 Å². The van der Waals surface area contributed by atoms with Gasteiger partial charge in [0.1, 0.15) is 9.84 Å². The van der Waals surface area contributed by atoms with Gasteiger partial charge in [-0.3, -0.25) is 0 Å². The maximum atomic E-state index is 11.2. The quantitative estimate of drug-likeness (QED) is 0.785. The van der Waals surface area contributed by atoms with Crippen LogP contribution in [-0.2, 0) is 22.9 Å². The molecule has 0 atom stereocenters. The molecule has 86 valence electrons. The highest BCUT2D eigenvalue weighted by Crippen LogP contribution is 2.02. The van der Waals surface area contributed by atoms with Crippen LogP contribution < -0.4 is 5.73 Å². The SMILES string of the molecule is CCS(=O)(=O)CCCn1ccc(CN)c1. The third-order valence-electron chi connectivity index (χ3n) is 2.36. The van der Waals surface area contributed by atoms with Gasteiger partial charge in [0, 0.05) is 31.2 Å². The first-order valence-corrected chi connectivity index (χ1v) is 6.94. The van der Waals surface area contributed by atoms with Gasteiger partial charge >= 0.3 is 0 Å². The molecule has 1 heterocycles. The summed E-state index contributed by atoms with van der Waals surface area (Å²) in [5, 5.41) is 0. The van der Waals surface area contributed by atoms with Crippen LogP contribution in [-0.4, -0.2) is 24.5 Å². The third-order valence-corrected chi connectivity index (χ3v) is 4.15. The van der Waals surface area contributed by atoms with Crippen LogP contribution in [0.5, 0.6) is 0 Å². The molecule has 5 heteroatoms. The highest BCUT2D eigenvalue weighted by molar-refractivity contribution is 7.91. The van der Waals surface area contributed by atoms with Gasteiger partial charge in [0.05, 0.1) is 5.75 Å². The average molecular weight is 230 g/mol. The Kier molecular flexibility index (Phi) is 4.35. The molecule has 0 amide bonds. The van der Waals surface area contributed by atoms with E-state index in [9.17, 15) is 8.42 Å². The largest absolute Gasteiger partial charge is 0.354 e. The van der Waals surface area contributed by atoms with Crippen molar-refractivity contribution in [1.29, 1.82) is 0 Å². The summed E-state index contributed by atoms with van der Waals surface area (Å²) < 4.78 is 24.4. The summed E-state index contributed by atoms with van der Waals surface area (Å²) in [6.45, 7) is 2.94. The zero-order valence-electron chi connectivity index (χ0n) is 9.02. The fraction of sp³-hybridized carbons (Fsp3) is 0.600. The fourth-order valence-corrected chi connectivity index (χ4v) is 2.22. The zero-order valence-corrected chi connectivity index (χ0v) is 9.83. The number of hydrogen-bond donors (Lipinski definition) is 1. The number of hydrogen-bond acceptors (Lipinski definition) is 3. The van der Waals surface area contributed by atoms with E-state index in [1.165, 1.54) is 0 Å². The molecule has 0 unspecified atom stereocenters. The minimum absolute atomic E-state index is 0.229. The van der Waals surface area contributed by atoms with E-state index in [0.717, 1.165) is 12.1 Å². The van der Waals surface area contributed by atoms with Gasteiger partial charge in [-0.15, -0.1) is 0 Å². The Morgan fingerprint density at radius 2 is 2.20 bits per heavy atom. The Bertz CT molecular complexity index is 395. The zero-order chi connectivity index (χ0) is 11.3. The second-order valence-corrected chi connectivity index (χ2v) is 6.02. The summed E-state index contributed by atoms with van der Waals surface area (Å²) in [4.78, 5) is 0. The molecule has 0 bridgehead atoms. The van der Waals surface area contributed by atoms with E-state index in [1.54, 1.807) is 6.92 Å². The van der Waals surface area contributed by atoms with Gasteiger partial charge < -0.3 is 10.3 Å². The monoisotopic (exact) mass is 230 g/mol. The van der Waals surface area contributed by atoms with Crippen molar-refractivity contribution < 1.29 is 8.42 Å². The first kappa shape index (κ1) is 12.3. The molecule has 1 aromatic rings. The Morgan fingerprint density at radius 1 is 1.47 bits per heavy atom. The van der Waals surface area contributed by atoms with Gasteiger partial charge in [-0.2, -0.15) is 0 Å². The molecular formula is C10H18N2O2S. The Hall–Kier alpha value is -0.810. The summed E-state index contributed by atoms with van der Waals surface area (Å²) in [6.07, 6.45) is 4.55. The summed E-state index contributed by atoms with van der Waals surface area (Å²) >= 11 is 0. The number of aromatic nitrogens is 1. The second kappa shape index (κ2) is 5.32. The summed E-state index contributed by atoms with van der Waals surface area (Å²) in [7, 11) is -2.83. The molecule has 0 aliphatic heterocycles. The molecule has 0 aliphatic carbocycles. The van der Waals surface area contributed by atoms with Crippen LogP contribution in [0.25, 0.3) is 0 Å². The van der Waals surface area contributed by atoms with Gasteiger partial charge in [0.2, 0.25) is 0 Å². The lowest BCUT2D eigenvalue weighted by molar-refractivity contribution is 0.587. The topological polar surface area (TPSA) is 65.1 Å². The van der Waals surface area contributed by atoms with Crippen LogP contribution >= 0.6 is 0 Å². The molecule has 1 rings (SSSR count). The van der Waals surface area contributed by atoms with Crippen molar-refractivity contribution in [2.24, 2.45) is 5.73 Å². The van der Waals surface area contributed by atoms with Gasteiger partial charge in [-0.05, 0) is 18.1 Å². The predicted octanol–water partition coefficient (Wildman–Crippen LogP) is 0.772. The number of aryl methyl sites for hydroxylation is 1. The minimum atomic E-state index is -2.83. The standard InChI is InChI=1S/C10H18N2O2S/c1-2-15(13,14)7-3-5-12-6-4-10(8-11)9-12/h4,6,9H,2-3,5,7-8,11H2,1H3. The molecule has 15 heavy (non-hydrogen) atoms. The number of nitrogens with zero attached hydrogens (tertiary/aromatic N) is 1. The Morgan fingerprint density at radius 3 is 2.73 bits per heavy atom. The number of rotatable bonds is 6. The van der Waals surface area contributed by atoms with Gasteiger partial charge in [-0.1, -0.05) is 6.92 Å². The van der Waals surface area contributed by atoms with Gasteiger partial charge in [-0.25, -0.2) is 8.42 Å². The highest BCUT2D eigenvalue weighted by atomic mass is 32.2. The third kappa shape index (κ3) is 4.05. The first-order valence-electron chi connectivity index (χ1n) is 5.12. The van der Waals surface area contributed by atoms with Crippen molar-refractivity contribution in [3.63, 3.8) is 0 Å². The maximum absolute atomic E-state index is 11.2. The molecule has 2 N–H and O–H groups in total. The molecule has 0 aromatic carbocycles. The van der Waals surface area contributed by atoms with Crippen molar-refractivity contribution in [3.8, 4) is 0 Å². The summed E-state index contributed by atoms with van der Waals surface area (Å²) in [5.41, 5.74) is 6.55. The predicted molar refractivity (Wildman–Crippen MR) is 61.3 cm³/mol. The molecule has 0 radical (unpaired) electrons. The average Bonchev–Trinajstić information content (AvgIpc) is 2.66. The summed E-state index contributed by atoms with van der Waals surface area (Å²) in [6, 6.07) is 1.95. The maximum Gasteiger partial charge on any atom is 0.150 e. The van der Waals surface area contributed by atoms with Crippen LogP contribution in [0.3, 0.4) is 0 Å². The van der Waals surface area contributed by atoms with Gasteiger partial charge in [0.25, 0.3) is 0 Å². The molecule has 0 saturated heterocycles. The van der Waals surface area contributed by atoms with E-state index in [1.807, 2.05) is 23.0 Å². The minimum Gasteiger partial charge on any atom is -0.354 e. The number of nitrogens with two attached hydrogens (primary N) is 1. The van der Waals surface area contributed by atoms with Crippen molar-refractivity contribution in [3.05, 3.63) is 24.0 Å². The van der Waals surface area contributed by atoms with Crippen LogP contribution in [0.2, 0.25) is 0 Å². The van der Waals surface area contributed by atoms with Crippen LogP contribution in [0, 0.1) is 0 Å². The van der Waals surface area contributed by atoms with Crippen LogP contribution in [0.1, 0.15) is 18.9 Å². The van der Waals surface area contributed by atoms with Crippen molar-refractivity contribution in [2.75, 3.05) is 11.5 Å². The van der Waals surface area contributed by atoms with E-state index in [2.05, 4.69) is 0 Å². The summed E-state index contributed by atoms with van der Waals surface area (Å²) in [5.74, 6) is 0.492. The lowest BCUT2D eigenvalue weighted by Crippen LogP contribution is -2.10. The van der Waals surface area contributed by atoms with Crippen LogP contribution in [0.15, 0.2) is 18.5 Å². The van der Waals surface area contributed by atoms with Crippen molar-refractivity contribution >= 4 is 9.84 Å². The van der Waals surface area contributed by atoms with Crippen molar-refractivity contribution in [2.45, 2.75) is 26.4 Å². The molecule has 0 spiro atoms. The second-order valence-electron chi connectivity index (χ2n) is 3.55. The molecule has 0 fully saturated rings. The molecule has 1 aromatic heterocycles. The molecule has 4 nitrogen and oxygen atoms in total. The Balaban J connectivity index is 2.38. The number of sulfone groups is 1.